The quantitative estimate of drug-likeness (QED) is 0.758. The molecular weight excluding hydrogens is 269 g/mol. The van der Waals surface area contributed by atoms with Crippen molar-refractivity contribution >= 4 is 0 Å². The van der Waals surface area contributed by atoms with Crippen LogP contribution in [0.1, 0.15) is 39.0 Å². The lowest BCUT2D eigenvalue weighted by molar-refractivity contribution is -0.148. The summed E-state index contributed by atoms with van der Waals surface area (Å²) in [7, 11) is 0. The SMILES string of the molecule is CCCC1CCC(N)C(CN(CCO)CC(F)(F)F)C1. The summed E-state index contributed by atoms with van der Waals surface area (Å²) in [5, 5.41) is 8.92. The summed E-state index contributed by atoms with van der Waals surface area (Å²) in [5.74, 6) is 0.695. The van der Waals surface area contributed by atoms with Crippen molar-refractivity contribution in [2.45, 2.75) is 51.2 Å². The largest absolute Gasteiger partial charge is 0.401 e. The Labute approximate surface area is 119 Å². The van der Waals surface area contributed by atoms with Crippen molar-refractivity contribution in [2.24, 2.45) is 17.6 Å². The monoisotopic (exact) mass is 296 g/mol. The van der Waals surface area contributed by atoms with Crippen LogP contribution in [-0.4, -0.2) is 48.5 Å². The van der Waals surface area contributed by atoms with E-state index in [1.807, 2.05) is 0 Å². The number of rotatable bonds is 7. The van der Waals surface area contributed by atoms with Gasteiger partial charge in [0.2, 0.25) is 0 Å². The van der Waals surface area contributed by atoms with E-state index in [4.69, 9.17) is 10.8 Å². The van der Waals surface area contributed by atoms with Gasteiger partial charge in [0.15, 0.2) is 0 Å². The molecule has 20 heavy (non-hydrogen) atoms. The summed E-state index contributed by atoms with van der Waals surface area (Å²) in [6.45, 7) is 1.31. The zero-order valence-electron chi connectivity index (χ0n) is 12.2. The third kappa shape index (κ3) is 6.41. The van der Waals surface area contributed by atoms with Gasteiger partial charge in [-0.05, 0) is 31.1 Å². The molecule has 0 aromatic heterocycles. The van der Waals surface area contributed by atoms with Gasteiger partial charge in [-0.25, -0.2) is 0 Å². The highest BCUT2D eigenvalue weighted by molar-refractivity contribution is 4.85. The van der Waals surface area contributed by atoms with Crippen molar-refractivity contribution in [2.75, 3.05) is 26.2 Å². The summed E-state index contributed by atoms with van der Waals surface area (Å²) in [6.07, 6.45) is 0.905. The molecule has 3 N–H and O–H groups in total. The van der Waals surface area contributed by atoms with Gasteiger partial charge in [0.1, 0.15) is 0 Å². The molecule has 0 aliphatic heterocycles. The Hall–Kier alpha value is -0.330. The molecule has 0 heterocycles. The number of nitrogens with zero attached hydrogens (tertiary/aromatic N) is 1. The summed E-state index contributed by atoms with van der Waals surface area (Å²) < 4.78 is 37.6. The van der Waals surface area contributed by atoms with E-state index in [1.165, 1.54) is 4.90 Å². The maximum Gasteiger partial charge on any atom is 0.401 e. The second-order valence-corrected chi connectivity index (χ2v) is 5.97. The van der Waals surface area contributed by atoms with Crippen LogP contribution in [0.4, 0.5) is 13.2 Å². The first-order chi connectivity index (χ1) is 9.35. The standard InChI is InChI=1S/C14H27F3N2O/c1-2-3-11-4-5-13(18)12(8-11)9-19(6-7-20)10-14(15,16)17/h11-13,20H,2-10,18H2,1H3. The van der Waals surface area contributed by atoms with Crippen molar-refractivity contribution in [3.63, 3.8) is 0 Å². The minimum absolute atomic E-state index is 0.0162. The van der Waals surface area contributed by atoms with E-state index in [0.717, 1.165) is 32.1 Å². The van der Waals surface area contributed by atoms with Gasteiger partial charge in [0.05, 0.1) is 13.2 Å². The fraction of sp³-hybridized carbons (Fsp3) is 1.00. The predicted molar refractivity (Wildman–Crippen MR) is 73.3 cm³/mol. The van der Waals surface area contributed by atoms with Crippen LogP contribution in [0.3, 0.4) is 0 Å². The lowest BCUT2D eigenvalue weighted by Gasteiger charge is -2.37. The Morgan fingerprint density at radius 1 is 1.30 bits per heavy atom. The Kier molecular flexibility index (Phi) is 7.26. The first kappa shape index (κ1) is 17.7. The van der Waals surface area contributed by atoms with E-state index < -0.39 is 12.7 Å². The molecule has 0 aromatic carbocycles. The van der Waals surface area contributed by atoms with Crippen LogP contribution in [0.2, 0.25) is 0 Å². The van der Waals surface area contributed by atoms with Crippen molar-refractivity contribution in [1.29, 1.82) is 0 Å². The Bertz CT molecular complexity index is 274. The summed E-state index contributed by atoms with van der Waals surface area (Å²) in [6, 6.07) is -0.0162. The van der Waals surface area contributed by atoms with Gasteiger partial charge in [0.25, 0.3) is 0 Å². The van der Waals surface area contributed by atoms with E-state index in [1.54, 1.807) is 0 Å². The van der Waals surface area contributed by atoms with Gasteiger partial charge >= 0.3 is 6.18 Å². The minimum atomic E-state index is -4.23. The Morgan fingerprint density at radius 2 is 2.00 bits per heavy atom. The summed E-state index contributed by atoms with van der Waals surface area (Å²) in [5.41, 5.74) is 6.08. The first-order valence-corrected chi connectivity index (χ1v) is 7.51. The molecule has 0 aromatic rings. The fourth-order valence-electron chi connectivity index (χ4n) is 3.23. The average molecular weight is 296 g/mol. The van der Waals surface area contributed by atoms with Gasteiger partial charge < -0.3 is 10.8 Å². The van der Waals surface area contributed by atoms with Gasteiger partial charge in [-0.3, -0.25) is 4.90 Å². The second kappa shape index (κ2) is 8.20. The van der Waals surface area contributed by atoms with E-state index in [-0.39, 0.29) is 25.1 Å². The van der Waals surface area contributed by atoms with Crippen LogP contribution in [-0.2, 0) is 0 Å². The van der Waals surface area contributed by atoms with Crippen molar-refractivity contribution < 1.29 is 18.3 Å². The molecule has 120 valence electrons. The lowest BCUT2D eigenvalue weighted by Crippen LogP contribution is -2.46. The molecule has 1 rings (SSSR count). The second-order valence-electron chi connectivity index (χ2n) is 5.97. The number of aliphatic hydroxyl groups is 1. The molecule has 1 saturated carbocycles. The number of hydrogen-bond donors (Lipinski definition) is 2. The average Bonchev–Trinajstić information content (AvgIpc) is 2.32. The van der Waals surface area contributed by atoms with Gasteiger partial charge in [-0.15, -0.1) is 0 Å². The number of halogens is 3. The first-order valence-electron chi connectivity index (χ1n) is 7.51. The van der Waals surface area contributed by atoms with Crippen LogP contribution in [0, 0.1) is 11.8 Å². The minimum Gasteiger partial charge on any atom is -0.395 e. The number of nitrogens with two attached hydrogens (primary N) is 1. The molecule has 1 fully saturated rings. The van der Waals surface area contributed by atoms with Crippen molar-refractivity contribution in [3.8, 4) is 0 Å². The molecule has 0 spiro atoms. The Balaban J connectivity index is 2.55. The van der Waals surface area contributed by atoms with Crippen LogP contribution < -0.4 is 5.73 Å². The maximum absolute atomic E-state index is 12.5. The molecule has 3 nitrogen and oxygen atoms in total. The molecular formula is C14H27F3N2O. The zero-order chi connectivity index (χ0) is 15.2. The number of aliphatic hydroxyl groups excluding tert-OH is 1. The molecule has 0 amide bonds. The smallest absolute Gasteiger partial charge is 0.395 e. The molecule has 0 saturated heterocycles. The highest BCUT2D eigenvalue weighted by Crippen LogP contribution is 2.32. The van der Waals surface area contributed by atoms with E-state index in [2.05, 4.69) is 6.92 Å². The molecule has 3 unspecified atom stereocenters. The molecule has 0 bridgehead atoms. The van der Waals surface area contributed by atoms with E-state index >= 15 is 0 Å². The highest BCUT2D eigenvalue weighted by atomic mass is 19.4. The van der Waals surface area contributed by atoms with Crippen molar-refractivity contribution in [1.82, 2.24) is 4.90 Å². The third-order valence-electron chi connectivity index (χ3n) is 4.16. The molecule has 1 aliphatic carbocycles. The topological polar surface area (TPSA) is 49.5 Å². The molecule has 0 radical (unpaired) electrons. The normalized spacial score (nSPS) is 28.1. The Morgan fingerprint density at radius 3 is 2.55 bits per heavy atom. The summed E-state index contributed by atoms with van der Waals surface area (Å²) in [4.78, 5) is 1.29. The molecule has 3 atom stereocenters. The van der Waals surface area contributed by atoms with E-state index in [0.29, 0.717) is 12.5 Å². The fourth-order valence-corrected chi connectivity index (χ4v) is 3.23. The van der Waals surface area contributed by atoms with E-state index in [9.17, 15) is 13.2 Å². The van der Waals surface area contributed by atoms with Gasteiger partial charge in [0, 0.05) is 19.1 Å². The van der Waals surface area contributed by atoms with Gasteiger partial charge in [-0.1, -0.05) is 19.8 Å². The number of alkyl halides is 3. The zero-order valence-corrected chi connectivity index (χ0v) is 12.2. The van der Waals surface area contributed by atoms with Crippen LogP contribution in [0.5, 0.6) is 0 Å². The third-order valence-corrected chi connectivity index (χ3v) is 4.16. The van der Waals surface area contributed by atoms with Gasteiger partial charge in [-0.2, -0.15) is 13.2 Å². The lowest BCUT2D eigenvalue weighted by atomic mass is 9.76. The number of hydrogen-bond acceptors (Lipinski definition) is 3. The molecule has 6 heteroatoms. The predicted octanol–water partition coefficient (Wildman–Crippen LogP) is 2.39. The van der Waals surface area contributed by atoms with Crippen LogP contribution >= 0.6 is 0 Å². The molecule has 1 aliphatic rings. The highest BCUT2D eigenvalue weighted by Gasteiger charge is 2.34. The van der Waals surface area contributed by atoms with Crippen molar-refractivity contribution in [3.05, 3.63) is 0 Å². The maximum atomic E-state index is 12.5. The van der Waals surface area contributed by atoms with Crippen LogP contribution in [0.25, 0.3) is 0 Å². The van der Waals surface area contributed by atoms with Crippen LogP contribution in [0.15, 0.2) is 0 Å². The summed E-state index contributed by atoms with van der Waals surface area (Å²) >= 11 is 0.